The summed E-state index contributed by atoms with van der Waals surface area (Å²) in [6.45, 7) is 0.630. The molecule has 0 radical (unpaired) electrons. The summed E-state index contributed by atoms with van der Waals surface area (Å²) in [6.07, 6.45) is 3.80. The summed E-state index contributed by atoms with van der Waals surface area (Å²) in [5, 5.41) is 12.8. The molecule has 4 aromatic carbocycles. The van der Waals surface area contributed by atoms with Gasteiger partial charge in [0.15, 0.2) is 0 Å². The molecular formula is C29H22Cl2N4. The number of anilines is 1. The quantitative estimate of drug-likeness (QED) is 0.169. The predicted molar refractivity (Wildman–Crippen MR) is 146 cm³/mol. The van der Waals surface area contributed by atoms with Gasteiger partial charge in [-0.15, -0.1) is 0 Å². The van der Waals surface area contributed by atoms with Crippen molar-refractivity contribution in [3.8, 4) is 16.9 Å². The first-order valence-corrected chi connectivity index (χ1v) is 11.9. The maximum absolute atomic E-state index is 6.57. The van der Waals surface area contributed by atoms with E-state index in [-0.39, 0.29) is 0 Å². The third-order valence-electron chi connectivity index (χ3n) is 5.52. The van der Waals surface area contributed by atoms with Crippen LogP contribution in [-0.4, -0.2) is 16.0 Å². The molecule has 172 valence electrons. The number of benzene rings is 4. The zero-order chi connectivity index (χ0) is 24.0. The first-order chi connectivity index (χ1) is 17.2. The topological polar surface area (TPSA) is 33.4 Å². The summed E-state index contributed by atoms with van der Waals surface area (Å²) in [5.74, 6) is 0. The Hall–Kier alpha value is -3.86. The fourth-order valence-corrected chi connectivity index (χ4v) is 4.27. The van der Waals surface area contributed by atoms with E-state index in [1.54, 1.807) is 6.07 Å². The highest BCUT2D eigenvalue weighted by Crippen LogP contribution is 2.32. The van der Waals surface area contributed by atoms with Crippen LogP contribution in [0.3, 0.4) is 0 Å². The number of hydrazone groups is 1. The molecular weight excluding hydrogens is 475 g/mol. The van der Waals surface area contributed by atoms with E-state index in [1.807, 2.05) is 113 Å². The molecule has 4 nitrogen and oxygen atoms in total. The van der Waals surface area contributed by atoms with Crippen molar-refractivity contribution in [1.29, 1.82) is 0 Å². The first-order valence-electron chi connectivity index (χ1n) is 11.2. The van der Waals surface area contributed by atoms with Crippen molar-refractivity contribution in [2.24, 2.45) is 5.10 Å². The van der Waals surface area contributed by atoms with Gasteiger partial charge in [0.1, 0.15) is 5.69 Å². The summed E-state index contributed by atoms with van der Waals surface area (Å²) in [5.41, 5.74) is 5.46. The smallest absolute Gasteiger partial charge is 0.103 e. The molecule has 0 spiro atoms. The fraction of sp³-hybridized carbons (Fsp3) is 0.0345. The van der Waals surface area contributed by atoms with Crippen LogP contribution in [0.5, 0.6) is 0 Å². The molecule has 35 heavy (non-hydrogen) atoms. The molecule has 0 N–H and O–H groups in total. The van der Waals surface area contributed by atoms with Gasteiger partial charge in [0, 0.05) is 22.3 Å². The second-order valence-corrected chi connectivity index (χ2v) is 8.80. The lowest BCUT2D eigenvalue weighted by molar-refractivity contribution is 0.858. The van der Waals surface area contributed by atoms with Crippen molar-refractivity contribution in [2.45, 2.75) is 6.54 Å². The fourth-order valence-electron chi connectivity index (χ4n) is 3.77. The summed E-state index contributed by atoms with van der Waals surface area (Å²) in [7, 11) is 0. The van der Waals surface area contributed by atoms with Gasteiger partial charge in [-0.25, -0.2) is 4.68 Å². The molecule has 0 aliphatic carbocycles. The van der Waals surface area contributed by atoms with Crippen LogP contribution >= 0.6 is 23.2 Å². The second kappa shape index (κ2) is 10.6. The van der Waals surface area contributed by atoms with Gasteiger partial charge in [0.25, 0.3) is 0 Å². The molecule has 0 unspecified atom stereocenters. The van der Waals surface area contributed by atoms with E-state index >= 15 is 0 Å². The Morgan fingerprint density at radius 1 is 0.800 bits per heavy atom. The van der Waals surface area contributed by atoms with Gasteiger partial charge in [-0.05, 0) is 48.0 Å². The number of hydrogen-bond donors (Lipinski definition) is 0. The summed E-state index contributed by atoms with van der Waals surface area (Å²) < 4.78 is 1.84. The Labute approximate surface area is 214 Å². The first kappa shape index (κ1) is 22.9. The SMILES string of the molecule is Clc1ccc(-c2nn(-c3ccccc3)cc2C=NN(Cc2ccccc2)c2ccccc2)c(Cl)c1. The largest absolute Gasteiger partial charge is 0.261 e. The third-order valence-corrected chi connectivity index (χ3v) is 6.06. The number of para-hydroxylation sites is 2. The molecule has 0 aliphatic rings. The number of hydrogen-bond acceptors (Lipinski definition) is 3. The molecule has 5 rings (SSSR count). The minimum absolute atomic E-state index is 0.537. The molecule has 0 bridgehead atoms. The Morgan fingerprint density at radius 3 is 2.14 bits per heavy atom. The van der Waals surface area contributed by atoms with Gasteiger partial charge in [-0.2, -0.15) is 10.2 Å². The van der Waals surface area contributed by atoms with Crippen LogP contribution in [0.15, 0.2) is 120 Å². The van der Waals surface area contributed by atoms with Crippen LogP contribution in [0.4, 0.5) is 5.69 Å². The number of aromatic nitrogens is 2. The summed E-state index contributed by atoms with van der Waals surface area (Å²) >= 11 is 12.7. The molecule has 0 amide bonds. The lowest BCUT2D eigenvalue weighted by atomic mass is 10.1. The zero-order valence-corrected chi connectivity index (χ0v) is 20.3. The highest BCUT2D eigenvalue weighted by molar-refractivity contribution is 6.36. The van der Waals surface area contributed by atoms with Crippen molar-refractivity contribution in [2.75, 3.05) is 5.01 Å². The lowest BCUT2D eigenvalue weighted by Crippen LogP contribution is -2.16. The number of nitrogens with zero attached hydrogens (tertiary/aromatic N) is 4. The second-order valence-electron chi connectivity index (χ2n) is 7.96. The van der Waals surface area contributed by atoms with Gasteiger partial charge >= 0.3 is 0 Å². The van der Waals surface area contributed by atoms with Gasteiger partial charge in [0.2, 0.25) is 0 Å². The van der Waals surface area contributed by atoms with Crippen molar-refractivity contribution < 1.29 is 0 Å². The van der Waals surface area contributed by atoms with E-state index < -0.39 is 0 Å². The molecule has 0 fully saturated rings. The zero-order valence-electron chi connectivity index (χ0n) is 18.8. The van der Waals surface area contributed by atoms with Gasteiger partial charge in [-0.1, -0.05) is 89.9 Å². The molecule has 6 heteroatoms. The van der Waals surface area contributed by atoms with Gasteiger partial charge in [-0.3, -0.25) is 5.01 Å². The minimum Gasteiger partial charge on any atom is -0.261 e. The predicted octanol–water partition coefficient (Wildman–Crippen LogP) is 7.89. The highest BCUT2D eigenvalue weighted by Gasteiger charge is 2.15. The van der Waals surface area contributed by atoms with Gasteiger partial charge < -0.3 is 0 Å². The Bertz CT molecular complexity index is 1430. The van der Waals surface area contributed by atoms with E-state index in [4.69, 9.17) is 33.4 Å². The van der Waals surface area contributed by atoms with Crippen LogP contribution < -0.4 is 5.01 Å². The number of halogens is 2. The van der Waals surface area contributed by atoms with E-state index in [1.165, 1.54) is 0 Å². The van der Waals surface area contributed by atoms with Crippen LogP contribution in [0.2, 0.25) is 10.0 Å². The Morgan fingerprint density at radius 2 is 1.46 bits per heavy atom. The molecule has 0 saturated heterocycles. The van der Waals surface area contributed by atoms with E-state index in [0.717, 1.165) is 33.8 Å². The van der Waals surface area contributed by atoms with Gasteiger partial charge in [0.05, 0.1) is 29.2 Å². The van der Waals surface area contributed by atoms with Crippen LogP contribution in [-0.2, 0) is 6.54 Å². The summed E-state index contributed by atoms with van der Waals surface area (Å²) in [6, 6.07) is 35.8. The number of rotatable bonds is 7. The maximum atomic E-state index is 6.57. The Balaban J connectivity index is 1.57. The Kier molecular flexibility index (Phi) is 6.94. The lowest BCUT2D eigenvalue weighted by Gasteiger charge is -2.19. The molecule has 0 saturated carbocycles. The van der Waals surface area contributed by atoms with Crippen molar-refractivity contribution >= 4 is 35.1 Å². The van der Waals surface area contributed by atoms with Crippen molar-refractivity contribution in [3.05, 3.63) is 137 Å². The normalized spacial score (nSPS) is 11.1. The van der Waals surface area contributed by atoms with E-state index in [2.05, 4.69) is 12.1 Å². The minimum atomic E-state index is 0.537. The van der Waals surface area contributed by atoms with Crippen LogP contribution in [0.25, 0.3) is 16.9 Å². The average Bonchev–Trinajstić information content (AvgIpc) is 3.32. The van der Waals surface area contributed by atoms with E-state index in [0.29, 0.717) is 16.6 Å². The standard InChI is InChI=1S/C29H22Cl2N4/c30-24-16-17-27(28(31)18-24)29-23(21-35(33-29)26-14-8-3-9-15-26)19-32-34(25-12-6-2-7-13-25)20-22-10-4-1-5-11-22/h1-19,21H,20H2. The summed E-state index contributed by atoms with van der Waals surface area (Å²) in [4.78, 5) is 0. The monoisotopic (exact) mass is 496 g/mol. The highest BCUT2D eigenvalue weighted by atomic mass is 35.5. The molecule has 0 atom stereocenters. The molecule has 1 aromatic heterocycles. The maximum Gasteiger partial charge on any atom is 0.103 e. The average molecular weight is 497 g/mol. The third kappa shape index (κ3) is 5.46. The van der Waals surface area contributed by atoms with E-state index in [9.17, 15) is 0 Å². The molecule has 5 aromatic rings. The van der Waals surface area contributed by atoms with Crippen LogP contribution in [0.1, 0.15) is 11.1 Å². The molecule has 1 heterocycles. The molecule has 0 aliphatic heterocycles. The van der Waals surface area contributed by atoms with Crippen molar-refractivity contribution in [3.63, 3.8) is 0 Å². The van der Waals surface area contributed by atoms with Crippen molar-refractivity contribution in [1.82, 2.24) is 9.78 Å². The van der Waals surface area contributed by atoms with Crippen LogP contribution in [0, 0.1) is 0 Å².